The van der Waals surface area contributed by atoms with Gasteiger partial charge in [0, 0.05) is 0 Å². The number of ether oxygens (including phenoxy) is 7. The molecule has 6 unspecified atom stereocenters. The van der Waals surface area contributed by atoms with Crippen molar-refractivity contribution in [2.24, 2.45) is 27.6 Å². The highest BCUT2D eigenvalue weighted by Gasteiger charge is 2.65. The molecule has 3 heterocycles. The van der Waals surface area contributed by atoms with Gasteiger partial charge in [-0.2, -0.15) is 8.78 Å². The number of phenols is 1. The largest absolute Gasteiger partial charge is 0.743 e. The summed E-state index contributed by atoms with van der Waals surface area (Å²) in [4.78, 5) is 62.8. The molecule has 0 saturated carbocycles. The van der Waals surface area contributed by atoms with Gasteiger partial charge in [0.25, 0.3) is 0 Å². The molecule has 1 N–H and O–H groups in total. The lowest BCUT2D eigenvalue weighted by atomic mass is 9.82. The Morgan fingerprint density at radius 3 is 1.38 bits per heavy atom. The number of rotatable bonds is 23. The van der Waals surface area contributed by atoms with Crippen LogP contribution in [0.2, 0.25) is 0 Å². The molecular weight excluding hydrogens is 1370 g/mol. The summed E-state index contributed by atoms with van der Waals surface area (Å²) in [6, 6.07) is 52.8. The average molecular weight is 1490 g/mol. The van der Waals surface area contributed by atoms with Crippen molar-refractivity contribution in [1.29, 1.82) is 0 Å². The summed E-state index contributed by atoms with van der Waals surface area (Å²) in [7, 11) is -5.87. The van der Waals surface area contributed by atoms with Crippen LogP contribution in [0.25, 0.3) is 0 Å². The van der Waals surface area contributed by atoms with Crippen LogP contribution in [-0.4, -0.2) is 89.3 Å². The van der Waals surface area contributed by atoms with E-state index in [1.165, 1.54) is 58.4 Å². The fourth-order valence-electron chi connectivity index (χ4n) is 9.52. The predicted molar refractivity (Wildman–Crippen MR) is 399 cm³/mol. The van der Waals surface area contributed by atoms with Gasteiger partial charge in [0.15, 0.2) is 43.1 Å². The topological polar surface area (TPSA) is 227 Å². The van der Waals surface area contributed by atoms with Gasteiger partial charge in [0.05, 0.1) is 44.6 Å². The number of benzene rings is 6. The van der Waals surface area contributed by atoms with Crippen molar-refractivity contribution in [3.63, 3.8) is 0 Å². The van der Waals surface area contributed by atoms with E-state index in [9.17, 15) is 50.1 Å². The van der Waals surface area contributed by atoms with Gasteiger partial charge in [-0.15, -0.1) is 0 Å². The Bertz CT molecular complexity index is 3710. The fraction of sp³-hybridized carbons (Fsp3) is 0.506. The molecule has 16 nitrogen and oxygen atoms in total. The molecule has 0 radical (unpaired) electrons. The Kier molecular flexibility index (Phi) is 32.0. The minimum atomic E-state index is -5.86. The van der Waals surface area contributed by atoms with Crippen molar-refractivity contribution in [2.45, 2.75) is 257 Å². The molecule has 3 aliphatic heterocycles. The van der Waals surface area contributed by atoms with Crippen LogP contribution in [0.4, 0.5) is 13.2 Å². The summed E-state index contributed by atoms with van der Waals surface area (Å²) in [5, 5.41) is 4.42. The summed E-state index contributed by atoms with van der Waals surface area (Å²) >= 11 is 0. The zero-order chi connectivity index (χ0) is 78.6. The highest BCUT2D eigenvalue weighted by Crippen LogP contribution is 2.48. The SMILES string of the molecule is CCC(C)(C)C(=O)OC(C)(C)c1ccc(F)cc1.CCC(C)(C)C(=O)OC(C)C(F)(F)S(=O)(=O)[O-].CCC(C)(C)C(=O)OC1C2CC3C(=O)OC1C3O2.CCC(C)(C)C(=O)Oc1ccc(O)cc1.CCC(C)(C)Oc1ccc(C(C)(C)CC)cc1.c1ccc([S+](c2ccccc2)c2ccccc2)cc1. The molecular formula is C83H111F3O16S2. The van der Waals surface area contributed by atoms with E-state index in [2.05, 4.69) is 162 Å². The molecule has 2 bridgehead atoms. The van der Waals surface area contributed by atoms with E-state index < -0.39 is 66.9 Å². The number of carbonyl (C=O) groups is 5. The van der Waals surface area contributed by atoms with Crippen LogP contribution in [0.5, 0.6) is 17.2 Å². The van der Waals surface area contributed by atoms with E-state index in [1.54, 1.807) is 31.2 Å². The van der Waals surface area contributed by atoms with Crippen molar-refractivity contribution in [1.82, 2.24) is 0 Å². The van der Waals surface area contributed by atoms with Crippen LogP contribution in [0.1, 0.15) is 201 Å². The average Bonchev–Trinajstić information content (AvgIpc) is 1.57. The van der Waals surface area contributed by atoms with Gasteiger partial charge in [-0.1, -0.05) is 134 Å². The number of phenolic OH excluding ortho intramolecular Hbond substituents is 1. The summed E-state index contributed by atoms with van der Waals surface area (Å²) in [5.41, 5.74) is -0.931. The van der Waals surface area contributed by atoms with Gasteiger partial charge < -0.3 is 42.8 Å². The third-order valence-corrected chi connectivity index (χ3v) is 22.7. The Labute approximate surface area is 618 Å². The van der Waals surface area contributed by atoms with Crippen molar-refractivity contribution in [2.75, 3.05) is 0 Å². The van der Waals surface area contributed by atoms with E-state index >= 15 is 0 Å². The number of alkyl halides is 2. The minimum absolute atomic E-state index is 0.0146. The first-order valence-electron chi connectivity index (χ1n) is 35.5. The lowest BCUT2D eigenvalue weighted by Crippen LogP contribution is -2.44. The standard InChI is InChI=1S/C18H15S.C16H26O.C15H21FO2.C13H18O5.C12H16O3.C9H16F2O5S/c1-4-10-16(11-5-1)19(17-12-6-2-7-13-17)18-14-8-3-9-15-18;1-7-15(3,4)13-9-11-14(12-10-13)17-16(5,6)8-2;1-6-14(2,3)13(17)18-15(4,5)11-7-9-12(16)10-8-11;1-4-13(2,3)12(15)18-9-7-5-6-8(16-7)10(9)17-11(6)14;1-4-12(2,3)11(14)15-10-7-5-9(13)6-8-10;1-5-8(3,4)7(12)16-6(2)9(10,11)17(13,14)15/h1-15H;9-12H,7-8H2,1-6H3;7-10H,6H2,1-5H3;6-10H,4-5H2,1-3H3;5-8,13H,4H2,1-3H3;6H,5H2,1-4H3,(H,13,14,15)/q+1;;;;;/p-1. The smallest absolute Gasteiger partial charge is 0.369 e. The minimum Gasteiger partial charge on any atom is -0.743 e. The first-order chi connectivity index (χ1) is 48.2. The monoisotopic (exact) mass is 1480 g/mol. The lowest BCUT2D eigenvalue weighted by Gasteiger charge is -2.30. The first-order valence-corrected chi connectivity index (χ1v) is 38.1. The number of carbonyl (C=O) groups excluding carboxylic acids is 5. The molecule has 3 saturated heterocycles. The first kappa shape index (κ1) is 88.7. The second kappa shape index (κ2) is 37.5. The second-order valence-corrected chi connectivity index (χ2v) is 33.8. The quantitative estimate of drug-likeness (QED) is 0.0207. The predicted octanol–water partition coefficient (Wildman–Crippen LogP) is 19.0. The zero-order valence-electron chi connectivity index (χ0n) is 64.5. The molecule has 0 spiro atoms. The van der Waals surface area contributed by atoms with Gasteiger partial charge in [-0.05, 0) is 236 Å². The third-order valence-electron chi connectivity index (χ3n) is 19.5. The molecule has 9 rings (SSSR count). The van der Waals surface area contributed by atoms with Crippen LogP contribution in [-0.2, 0) is 79.7 Å². The van der Waals surface area contributed by atoms with Crippen LogP contribution >= 0.6 is 0 Å². The molecule has 3 fully saturated rings. The normalized spacial score (nSPS) is 17.4. The second-order valence-electron chi connectivity index (χ2n) is 30.3. The van der Waals surface area contributed by atoms with Crippen molar-refractivity contribution < 1.29 is 88.4 Å². The number of halogens is 3. The number of aromatic hydroxyl groups is 1. The summed E-state index contributed by atoms with van der Waals surface area (Å²) in [6.07, 6.45) is 1.74. The molecule has 0 amide bonds. The van der Waals surface area contributed by atoms with Crippen LogP contribution in [0.3, 0.4) is 0 Å². The van der Waals surface area contributed by atoms with Crippen LogP contribution in [0.15, 0.2) is 178 Å². The molecule has 104 heavy (non-hydrogen) atoms. The van der Waals surface area contributed by atoms with Gasteiger partial charge in [0.1, 0.15) is 40.4 Å². The molecule has 6 aromatic carbocycles. The molecule has 21 heteroatoms. The van der Waals surface area contributed by atoms with Crippen LogP contribution < -0.4 is 9.47 Å². The summed E-state index contributed by atoms with van der Waals surface area (Å²) in [6.45, 7) is 39.0. The molecule has 3 aliphatic rings. The maximum absolute atomic E-state index is 13.0. The summed E-state index contributed by atoms with van der Waals surface area (Å²) < 4.78 is 107. The van der Waals surface area contributed by atoms with Crippen molar-refractivity contribution in [3.05, 3.63) is 181 Å². The maximum atomic E-state index is 13.0. The maximum Gasteiger partial charge on any atom is 0.369 e. The highest BCUT2D eigenvalue weighted by atomic mass is 32.2. The van der Waals surface area contributed by atoms with E-state index in [4.69, 9.17) is 33.5 Å². The lowest BCUT2D eigenvalue weighted by molar-refractivity contribution is -0.170. The number of hydrogen-bond acceptors (Lipinski definition) is 16. The van der Waals surface area contributed by atoms with Gasteiger partial charge in [0.2, 0.25) is 0 Å². The van der Waals surface area contributed by atoms with Gasteiger partial charge in [-0.25, -0.2) is 12.8 Å². The van der Waals surface area contributed by atoms with E-state index in [0.29, 0.717) is 38.4 Å². The molecule has 6 aromatic rings. The number of hydrogen-bond donors (Lipinski definition) is 1. The Morgan fingerprint density at radius 2 is 0.962 bits per heavy atom. The Morgan fingerprint density at radius 1 is 0.548 bits per heavy atom. The molecule has 0 aliphatic carbocycles. The molecule has 0 aromatic heterocycles. The van der Waals surface area contributed by atoms with Gasteiger partial charge >= 0.3 is 35.1 Å². The number of esters is 5. The number of fused-ring (bicyclic) bond motifs is 1. The van der Waals surface area contributed by atoms with E-state index in [1.807, 2.05) is 76.2 Å². The fourth-order valence-corrected chi connectivity index (χ4v) is 12.1. The third kappa shape index (κ3) is 25.0. The zero-order valence-corrected chi connectivity index (χ0v) is 66.2. The van der Waals surface area contributed by atoms with Crippen molar-refractivity contribution in [3.8, 4) is 17.2 Å². The Hall–Kier alpha value is -7.72. The molecule has 6 atom stereocenters. The van der Waals surface area contributed by atoms with E-state index in [0.717, 1.165) is 30.6 Å². The van der Waals surface area contributed by atoms with Crippen LogP contribution in [0, 0.1) is 33.4 Å². The van der Waals surface area contributed by atoms with E-state index in [-0.39, 0.29) is 75.5 Å². The molecule has 572 valence electrons. The van der Waals surface area contributed by atoms with Crippen molar-refractivity contribution >= 4 is 50.9 Å². The highest BCUT2D eigenvalue weighted by molar-refractivity contribution is 7.97. The van der Waals surface area contributed by atoms with Gasteiger partial charge in [-0.3, -0.25) is 24.0 Å². The summed E-state index contributed by atoms with van der Waals surface area (Å²) in [5.74, 6) is -0.780. The Balaban J connectivity index is 0.000000265.